The number of carbonyl (C=O) groups excluding carboxylic acids is 1. The minimum absolute atomic E-state index is 0.153. The van der Waals surface area contributed by atoms with Crippen LogP contribution in [-0.4, -0.2) is 24.6 Å². The van der Waals surface area contributed by atoms with Crippen molar-refractivity contribution in [2.24, 2.45) is 0 Å². The molecule has 142 valence electrons. The molecule has 5 nitrogen and oxygen atoms in total. The first-order valence-electron chi connectivity index (χ1n) is 8.43. The van der Waals surface area contributed by atoms with Crippen molar-refractivity contribution in [3.8, 4) is 11.5 Å². The highest BCUT2D eigenvalue weighted by Gasteiger charge is 2.20. The Kier molecular flexibility index (Phi) is 5.32. The molecule has 0 atom stereocenters. The maximum absolute atomic E-state index is 13.3. The summed E-state index contributed by atoms with van der Waals surface area (Å²) in [6, 6.07) is 9.83. The highest BCUT2D eigenvalue weighted by molar-refractivity contribution is 7.22. The zero-order chi connectivity index (χ0) is 19.6. The van der Waals surface area contributed by atoms with Gasteiger partial charge in [0, 0.05) is 5.56 Å². The Labute approximate surface area is 161 Å². The smallest absolute Gasteiger partial charge is 0.264 e. The van der Waals surface area contributed by atoms with E-state index in [9.17, 15) is 9.18 Å². The van der Waals surface area contributed by atoms with Gasteiger partial charge < -0.3 is 9.47 Å². The molecular formula is C20H21FN2O3S. The molecule has 1 N–H and O–H groups in total. The average molecular weight is 388 g/mol. The number of halogens is 1. The summed E-state index contributed by atoms with van der Waals surface area (Å²) in [5.74, 6) is 0.704. The van der Waals surface area contributed by atoms with Crippen LogP contribution >= 0.6 is 11.3 Å². The summed E-state index contributed by atoms with van der Waals surface area (Å²) < 4.78 is 25.0. The van der Waals surface area contributed by atoms with E-state index < -0.39 is 0 Å². The quantitative estimate of drug-likeness (QED) is 0.685. The Balaban J connectivity index is 1.70. The summed E-state index contributed by atoms with van der Waals surface area (Å²) in [5.41, 5.74) is 1.42. The average Bonchev–Trinajstić information content (AvgIpc) is 3.00. The molecule has 0 aliphatic heterocycles. The van der Waals surface area contributed by atoms with Gasteiger partial charge in [-0.05, 0) is 41.8 Å². The molecule has 3 rings (SSSR count). The number of rotatable bonds is 5. The zero-order valence-electron chi connectivity index (χ0n) is 15.6. The van der Waals surface area contributed by atoms with E-state index in [1.807, 2.05) is 6.07 Å². The number of hydrogen-bond acceptors (Lipinski definition) is 5. The van der Waals surface area contributed by atoms with Crippen LogP contribution in [0, 0.1) is 5.82 Å². The summed E-state index contributed by atoms with van der Waals surface area (Å²) in [6.45, 7) is 6.04. The third kappa shape index (κ3) is 4.54. The van der Waals surface area contributed by atoms with Gasteiger partial charge in [0.1, 0.15) is 17.3 Å². The molecule has 0 radical (unpaired) electrons. The van der Waals surface area contributed by atoms with E-state index in [-0.39, 0.29) is 23.7 Å². The molecular weight excluding hydrogens is 367 g/mol. The number of nitrogens with one attached hydrogen (secondary N) is 1. The van der Waals surface area contributed by atoms with Crippen molar-refractivity contribution in [1.82, 2.24) is 4.98 Å². The van der Waals surface area contributed by atoms with E-state index in [1.54, 1.807) is 25.3 Å². The molecule has 1 amide bonds. The van der Waals surface area contributed by atoms with Crippen LogP contribution in [0.15, 0.2) is 36.4 Å². The highest BCUT2D eigenvalue weighted by atomic mass is 32.1. The third-order valence-electron chi connectivity index (χ3n) is 3.95. The Morgan fingerprint density at radius 1 is 1.22 bits per heavy atom. The lowest BCUT2D eigenvalue weighted by Crippen LogP contribution is -2.22. The van der Waals surface area contributed by atoms with Crippen LogP contribution in [0.25, 0.3) is 10.2 Å². The molecule has 0 saturated carbocycles. The number of amides is 1. The van der Waals surface area contributed by atoms with Gasteiger partial charge in [-0.25, -0.2) is 9.37 Å². The van der Waals surface area contributed by atoms with Crippen LogP contribution in [0.1, 0.15) is 26.3 Å². The minimum Gasteiger partial charge on any atom is -0.497 e. The fraction of sp³-hybridized carbons (Fsp3) is 0.300. The Morgan fingerprint density at radius 3 is 2.70 bits per heavy atom. The molecule has 0 unspecified atom stereocenters. The van der Waals surface area contributed by atoms with Crippen LogP contribution in [0.4, 0.5) is 9.52 Å². The molecule has 27 heavy (non-hydrogen) atoms. The Morgan fingerprint density at radius 2 is 2.00 bits per heavy atom. The summed E-state index contributed by atoms with van der Waals surface area (Å²) in [6.07, 6.45) is 0. The second-order valence-corrected chi connectivity index (χ2v) is 8.11. The van der Waals surface area contributed by atoms with E-state index >= 15 is 0 Å². The van der Waals surface area contributed by atoms with Crippen molar-refractivity contribution in [3.63, 3.8) is 0 Å². The van der Waals surface area contributed by atoms with Crippen molar-refractivity contribution in [3.05, 3.63) is 47.8 Å². The summed E-state index contributed by atoms with van der Waals surface area (Å²) in [7, 11) is 1.61. The van der Waals surface area contributed by atoms with Crippen molar-refractivity contribution >= 4 is 32.6 Å². The van der Waals surface area contributed by atoms with Crippen LogP contribution in [0.5, 0.6) is 11.5 Å². The maximum atomic E-state index is 13.3. The molecule has 2 aromatic carbocycles. The van der Waals surface area contributed by atoms with Gasteiger partial charge in [-0.15, -0.1) is 0 Å². The summed E-state index contributed by atoms with van der Waals surface area (Å²) in [4.78, 5) is 16.5. The number of nitrogens with zero attached hydrogens (tertiary/aromatic N) is 1. The predicted molar refractivity (Wildman–Crippen MR) is 105 cm³/mol. The van der Waals surface area contributed by atoms with Crippen molar-refractivity contribution in [2.45, 2.75) is 26.2 Å². The first kappa shape index (κ1) is 19.1. The number of benzene rings is 2. The number of aromatic nitrogens is 1. The molecule has 3 aromatic rings. The Bertz CT molecular complexity index is 979. The molecule has 0 saturated heterocycles. The largest absolute Gasteiger partial charge is 0.497 e. The van der Waals surface area contributed by atoms with E-state index in [2.05, 4.69) is 31.1 Å². The van der Waals surface area contributed by atoms with Crippen LogP contribution in [0.3, 0.4) is 0 Å². The lowest BCUT2D eigenvalue weighted by Gasteiger charge is -2.23. The van der Waals surface area contributed by atoms with Gasteiger partial charge in [0.05, 0.1) is 17.3 Å². The van der Waals surface area contributed by atoms with E-state index in [0.717, 1.165) is 11.3 Å². The SMILES string of the molecule is COc1ccc(OCC(=O)Nc2nc3ccc(F)cc3s2)c(C(C)(C)C)c1. The van der Waals surface area contributed by atoms with Crippen LogP contribution in [0.2, 0.25) is 0 Å². The molecule has 0 spiro atoms. The molecule has 1 aromatic heterocycles. The lowest BCUT2D eigenvalue weighted by molar-refractivity contribution is -0.118. The summed E-state index contributed by atoms with van der Waals surface area (Å²) in [5, 5.41) is 3.11. The first-order valence-corrected chi connectivity index (χ1v) is 9.25. The van der Waals surface area contributed by atoms with Crippen LogP contribution < -0.4 is 14.8 Å². The number of ether oxygens (including phenoxy) is 2. The normalized spacial score (nSPS) is 11.4. The molecule has 0 aliphatic rings. The predicted octanol–water partition coefficient (Wildman–Crippen LogP) is 4.76. The number of fused-ring (bicyclic) bond motifs is 1. The van der Waals surface area contributed by atoms with Crippen molar-refractivity contribution in [2.75, 3.05) is 19.0 Å². The topological polar surface area (TPSA) is 60.5 Å². The van der Waals surface area contributed by atoms with E-state index in [0.29, 0.717) is 21.1 Å². The molecule has 0 fully saturated rings. The van der Waals surface area contributed by atoms with Gasteiger partial charge in [0.25, 0.3) is 5.91 Å². The molecule has 0 aliphatic carbocycles. The van der Waals surface area contributed by atoms with Gasteiger partial charge in [0.2, 0.25) is 0 Å². The first-order chi connectivity index (χ1) is 12.8. The fourth-order valence-corrected chi connectivity index (χ4v) is 3.51. The zero-order valence-corrected chi connectivity index (χ0v) is 16.4. The Hall–Kier alpha value is -2.67. The standard InChI is InChI=1S/C20H21FN2O3S/c1-20(2,3)14-10-13(25-4)6-8-16(14)26-11-18(24)23-19-22-15-7-5-12(21)9-17(15)27-19/h5-10H,11H2,1-4H3,(H,22,23,24). The molecule has 0 bridgehead atoms. The third-order valence-corrected chi connectivity index (χ3v) is 4.88. The number of thiazole rings is 1. The minimum atomic E-state index is -0.332. The van der Waals surface area contributed by atoms with Crippen molar-refractivity contribution < 1.29 is 18.7 Å². The number of hydrogen-bond donors (Lipinski definition) is 1. The maximum Gasteiger partial charge on any atom is 0.264 e. The number of methoxy groups -OCH3 is 1. The highest BCUT2D eigenvalue weighted by Crippen LogP contribution is 2.34. The number of carbonyl (C=O) groups is 1. The lowest BCUT2D eigenvalue weighted by atomic mass is 9.86. The molecule has 1 heterocycles. The second kappa shape index (κ2) is 7.52. The van der Waals surface area contributed by atoms with E-state index in [4.69, 9.17) is 9.47 Å². The van der Waals surface area contributed by atoms with Crippen molar-refractivity contribution in [1.29, 1.82) is 0 Å². The van der Waals surface area contributed by atoms with Crippen LogP contribution in [-0.2, 0) is 10.2 Å². The fourth-order valence-electron chi connectivity index (χ4n) is 2.60. The number of anilines is 1. The van der Waals surface area contributed by atoms with Gasteiger partial charge in [-0.3, -0.25) is 10.1 Å². The van der Waals surface area contributed by atoms with Gasteiger partial charge >= 0.3 is 0 Å². The monoisotopic (exact) mass is 388 g/mol. The van der Waals surface area contributed by atoms with E-state index in [1.165, 1.54) is 23.5 Å². The van der Waals surface area contributed by atoms with Gasteiger partial charge in [-0.2, -0.15) is 0 Å². The second-order valence-electron chi connectivity index (χ2n) is 7.08. The van der Waals surface area contributed by atoms with Gasteiger partial charge in [0.15, 0.2) is 11.7 Å². The summed E-state index contributed by atoms with van der Waals surface area (Å²) >= 11 is 1.22. The molecule has 7 heteroatoms. The van der Waals surface area contributed by atoms with Gasteiger partial charge in [-0.1, -0.05) is 32.1 Å².